The number of nitrogens with zero attached hydrogens (tertiary/aromatic N) is 1. The van der Waals surface area contributed by atoms with Gasteiger partial charge in [0.2, 0.25) is 0 Å². The van der Waals surface area contributed by atoms with Gasteiger partial charge in [0.25, 0.3) is 0 Å². The van der Waals surface area contributed by atoms with Crippen molar-refractivity contribution in [1.29, 1.82) is 0 Å². The zero-order valence-electron chi connectivity index (χ0n) is 10.9. The molecule has 0 aliphatic heterocycles. The second-order valence-corrected chi connectivity index (χ2v) is 4.47. The van der Waals surface area contributed by atoms with Gasteiger partial charge in [-0.05, 0) is 17.5 Å². The Morgan fingerprint density at radius 3 is 1.74 bits per heavy atom. The maximum Gasteiger partial charge on any atom is 0.185 e. The van der Waals surface area contributed by atoms with Crippen molar-refractivity contribution in [3.63, 3.8) is 0 Å². The predicted octanol–water partition coefficient (Wildman–Crippen LogP) is 2.48. The van der Waals surface area contributed by atoms with Crippen LogP contribution in [0.1, 0.15) is 23.5 Å². The summed E-state index contributed by atoms with van der Waals surface area (Å²) in [6.07, 6.45) is 0.895. The lowest BCUT2D eigenvalue weighted by Gasteiger charge is -2.17. The van der Waals surface area contributed by atoms with Gasteiger partial charge < -0.3 is 11.5 Å². The maximum absolute atomic E-state index is 5.38. The van der Waals surface area contributed by atoms with E-state index in [2.05, 4.69) is 53.5 Å². The van der Waals surface area contributed by atoms with Gasteiger partial charge in [0.05, 0.1) is 0 Å². The van der Waals surface area contributed by atoms with Crippen molar-refractivity contribution in [3.05, 3.63) is 71.8 Å². The van der Waals surface area contributed by atoms with E-state index < -0.39 is 0 Å². The van der Waals surface area contributed by atoms with Gasteiger partial charge in [0.15, 0.2) is 5.96 Å². The average Bonchev–Trinajstić information content (AvgIpc) is 2.45. The van der Waals surface area contributed by atoms with Crippen molar-refractivity contribution in [2.75, 3.05) is 6.54 Å². The second-order valence-electron chi connectivity index (χ2n) is 4.47. The summed E-state index contributed by atoms with van der Waals surface area (Å²) in [6.45, 7) is 0.636. The molecule has 2 rings (SSSR count). The molecule has 0 aromatic heterocycles. The summed E-state index contributed by atoms with van der Waals surface area (Å²) < 4.78 is 0. The molecule has 2 aromatic carbocycles. The van der Waals surface area contributed by atoms with Crippen molar-refractivity contribution in [1.82, 2.24) is 0 Å². The lowest BCUT2D eigenvalue weighted by Crippen LogP contribution is -2.23. The quantitative estimate of drug-likeness (QED) is 0.635. The van der Waals surface area contributed by atoms with Crippen LogP contribution in [0.25, 0.3) is 0 Å². The highest BCUT2D eigenvalue weighted by atomic mass is 15.0. The Morgan fingerprint density at radius 2 is 1.32 bits per heavy atom. The molecule has 0 spiro atoms. The molecule has 0 bridgehead atoms. The molecule has 3 heteroatoms. The van der Waals surface area contributed by atoms with E-state index in [0.29, 0.717) is 12.5 Å². The fourth-order valence-corrected chi connectivity index (χ4v) is 2.22. The molecule has 0 aliphatic carbocycles. The SMILES string of the molecule is NC(N)=NCCC(c1ccccc1)c1ccccc1. The van der Waals surface area contributed by atoms with Crippen LogP contribution in [0.2, 0.25) is 0 Å². The number of hydrogen-bond acceptors (Lipinski definition) is 1. The molecule has 19 heavy (non-hydrogen) atoms. The largest absolute Gasteiger partial charge is 0.370 e. The van der Waals surface area contributed by atoms with Crippen molar-refractivity contribution < 1.29 is 0 Å². The lowest BCUT2D eigenvalue weighted by atomic mass is 9.89. The minimum atomic E-state index is 0.153. The van der Waals surface area contributed by atoms with Crippen LogP contribution >= 0.6 is 0 Å². The van der Waals surface area contributed by atoms with Crippen molar-refractivity contribution in [2.45, 2.75) is 12.3 Å². The number of aliphatic imine (C=N–C) groups is 1. The van der Waals surface area contributed by atoms with Crippen LogP contribution in [0.5, 0.6) is 0 Å². The summed E-state index contributed by atoms with van der Waals surface area (Å²) in [4.78, 5) is 4.09. The fourth-order valence-electron chi connectivity index (χ4n) is 2.22. The van der Waals surface area contributed by atoms with Crippen molar-refractivity contribution in [3.8, 4) is 0 Å². The van der Waals surface area contributed by atoms with Gasteiger partial charge in [-0.1, -0.05) is 60.7 Å². The molecule has 0 radical (unpaired) electrons. The maximum atomic E-state index is 5.38. The zero-order chi connectivity index (χ0) is 13.5. The third-order valence-electron chi connectivity index (χ3n) is 3.12. The third-order valence-corrected chi connectivity index (χ3v) is 3.12. The number of guanidine groups is 1. The molecule has 0 saturated heterocycles. The fraction of sp³-hybridized carbons (Fsp3) is 0.188. The van der Waals surface area contributed by atoms with Gasteiger partial charge in [-0.25, -0.2) is 0 Å². The molecule has 0 saturated carbocycles. The Hall–Kier alpha value is -2.29. The van der Waals surface area contributed by atoms with E-state index in [4.69, 9.17) is 11.5 Å². The van der Waals surface area contributed by atoms with Gasteiger partial charge in [-0.3, -0.25) is 4.99 Å². The smallest absolute Gasteiger partial charge is 0.185 e. The molecule has 4 N–H and O–H groups in total. The van der Waals surface area contributed by atoms with E-state index in [1.807, 2.05) is 12.1 Å². The number of rotatable bonds is 5. The summed E-state index contributed by atoms with van der Waals surface area (Å²) in [5.74, 6) is 0.477. The summed E-state index contributed by atoms with van der Waals surface area (Å²) in [7, 11) is 0. The van der Waals surface area contributed by atoms with Gasteiger partial charge in [0, 0.05) is 12.5 Å². The molecular weight excluding hydrogens is 234 g/mol. The molecule has 98 valence electrons. The molecule has 0 amide bonds. The molecule has 0 atom stereocenters. The van der Waals surface area contributed by atoms with Crippen LogP contribution < -0.4 is 11.5 Å². The number of nitrogens with two attached hydrogens (primary N) is 2. The van der Waals surface area contributed by atoms with Gasteiger partial charge in [-0.15, -0.1) is 0 Å². The Balaban J connectivity index is 2.21. The van der Waals surface area contributed by atoms with Gasteiger partial charge in [0.1, 0.15) is 0 Å². The Kier molecular flexibility index (Phi) is 4.56. The Morgan fingerprint density at radius 1 is 0.842 bits per heavy atom. The lowest BCUT2D eigenvalue weighted by molar-refractivity contribution is 0.726. The third kappa shape index (κ3) is 3.85. The van der Waals surface area contributed by atoms with Crippen LogP contribution in [-0.2, 0) is 0 Å². The number of hydrogen-bond donors (Lipinski definition) is 2. The average molecular weight is 253 g/mol. The normalized spacial score (nSPS) is 10.4. The van der Waals surface area contributed by atoms with E-state index in [-0.39, 0.29) is 5.96 Å². The first-order valence-electron chi connectivity index (χ1n) is 6.42. The Labute approximate surface area is 114 Å². The van der Waals surface area contributed by atoms with E-state index in [9.17, 15) is 0 Å². The summed E-state index contributed by atoms with van der Waals surface area (Å²) in [5, 5.41) is 0. The first-order valence-corrected chi connectivity index (χ1v) is 6.42. The van der Waals surface area contributed by atoms with Crippen LogP contribution in [-0.4, -0.2) is 12.5 Å². The molecular formula is C16H19N3. The van der Waals surface area contributed by atoms with E-state index in [1.165, 1.54) is 11.1 Å². The molecule has 0 aliphatic rings. The minimum Gasteiger partial charge on any atom is -0.370 e. The second kappa shape index (κ2) is 6.59. The zero-order valence-corrected chi connectivity index (χ0v) is 10.9. The summed E-state index contributed by atoms with van der Waals surface area (Å²) in [6, 6.07) is 20.9. The summed E-state index contributed by atoms with van der Waals surface area (Å²) >= 11 is 0. The molecule has 3 nitrogen and oxygen atoms in total. The molecule has 2 aromatic rings. The van der Waals surface area contributed by atoms with Gasteiger partial charge >= 0.3 is 0 Å². The summed E-state index contributed by atoms with van der Waals surface area (Å²) in [5.41, 5.74) is 13.3. The topological polar surface area (TPSA) is 64.4 Å². The van der Waals surface area contributed by atoms with Crippen LogP contribution in [0.15, 0.2) is 65.7 Å². The molecule has 0 unspecified atom stereocenters. The molecule has 0 heterocycles. The standard InChI is InChI=1S/C16H19N3/c17-16(18)19-12-11-15(13-7-3-1-4-8-13)14-9-5-2-6-10-14/h1-10,15H,11-12H2,(H4,17,18,19). The monoisotopic (exact) mass is 253 g/mol. The van der Waals surface area contributed by atoms with Crippen LogP contribution in [0, 0.1) is 0 Å². The predicted molar refractivity (Wildman–Crippen MR) is 80.0 cm³/mol. The van der Waals surface area contributed by atoms with E-state index in [0.717, 1.165) is 6.42 Å². The highest BCUT2D eigenvalue weighted by Gasteiger charge is 2.12. The first kappa shape index (κ1) is 13.1. The van der Waals surface area contributed by atoms with E-state index in [1.54, 1.807) is 0 Å². The van der Waals surface area contributed by atoms with Crippen molar-refractivity contribution >= 4 is 5.96 Å². The van der Waals surface area contributed by atoms with Crippen LogP contribution in [0.4, 0.5) is 0 Å². The van der Waals surface area contributed by atoms with Crippen LogP contribution in [0.3, 0.4) is 0 Å². The highest BCUT2D eigenvalue weighted by Crippen LogP contribution is 2.27. The Bertz CT molecular complexity index is 477. The highest BCUT2D eigenvalue weighted by molar-refractivity contribution is 5.75. The minimum absolute atomic E-state index is 0.153. The van der Waals surface area contributed by atoms with Crippen molar-refractivity contribution in [2.24, 2.45) is 16.5 Å². The number of benzene rings is 2. The van der Waals surface area contributed by atoms with E-state index >= 15 is 0 Å². The van der Waals surface area contributed by atoms with Gasteiger partial charge in [-0.2, -0.15) is 0 Å². The first-order chi connectivity index (χ1) is 9.27. The molecule has 0 fully saturated rings.